The minimum absolute atomic E-state index is 0.0627. The van der Waals surface area contributed by atoms with Crippen molar-refractivity contribution in [3.05, 3.63) is 41.1 Å². The lowest BCUT2D eigenvalue weighted by Crippen LogP contribution is -2.33. The van der Waals surface area contributed by atoms with E-state index in [2.05, 4.69) is 19.2 Å². The summed E-state index contributed by atoms with van der Waals surface area (Å²) in [6, 6.07) is 8.20. The topological polar surface area (TPSA) is 42.0 Å². The first-order valence-electron chi connectivity index (χ1n) is 7.92. The van der Waals surface area contributed by atoms with Crippen molar-refractivity contribution >= 4 is 16.8 Å². The molecule has 110 valence electrons. The van der Waals surface area contributed by atoms with E-state index in [-0.39, 0.29) is 11.9 Å². The first-order chi connectivity index (χ1) is 10.2. The molecule has 0 fully saturated rings. The molecule has 1 N–H and O–H groups in total. The van der Waals surface area contributed by atoms with Crippen molar-refractivity contribution in [1.82, 2.24) is 10.3 Å². The third-order valence-electron chi connectivity index (χ3n) is 4.25. The Hall–Kier alpha value is -1.90. The molecule has 0 saturated carbocycles. The van der Waals surface area contributed by atoms with Gasteiger partial charge in [-0.1, -0.05) is 31.5 Å². The summed E-state index contributed by atoms with van der Waals surface area (Å²) >= 11 is 0. The zero-order chi connectivity index (χ0) is 14.8. The van der Waals surface area contributed by atoms with Crippen LogP contribution in [0, 0.1) is 0 Å². The van der Waals surface area contributed by atoms with Crippen molar-refractivity contribution in [2.75, 3.05) is 0 Å². The average molecular weight is 282 g/mol. The SMILES string of the molecule is CCC[C@@H](C)NC(=O)c1c2c(nc3ccccc13)CCC2. The van der Waals surface area contributed by atoms with Crippen LogP contribution >= 0.6 is 0 Å². The smallest absolute Gasteiger partial charge is 0.252 e. The number of pyridine rings is 1. The van der Waals surface area contributed by atoms with E-state index in [1.165, 1.54) is 0 Å². The van der Waals surface area contributed by atoms with Crippen LogP contribution in [0.25, 0.3) is 10.9 Å². The van der Waals surface area contributed by atoms with Crippen LogP contribution in [0.1, 0.15) is 54.7 Å². The van der Waals surface area contributed by atoms with Crippen LogP contribution in [0.4, 0.5) is 0 Å². The van der Waals surface area contributed by atoms with E-state index in [0.29, 0.717) is 0 Å². The van der Waals surface area contributed by atoms with Gasteiger partial charge in [-0.2, -0.15) is 0 Å². The van der Waals surface area contributed by atoms with Gasteiger partial charge in [0.15, 0.2) is 0 Å². The molecule has 0 unspecified atom stereocenters. The Kier molecular flexibility index (Phi) is 3.91. The largest absolute Gasteiger partial charge is 0.350 e. The van der Waals surface area contributed by atoms with Crippen molar-refractivity contribution < 1.29 is 4.79 Å². The van der Waals surface area contributed by atoms with Gasteiger partial charge in [-0.15, -0.1) is 0 Å². The number of nitrogens with one attached hydrogen (secondary N) is 1. The van der Waals surface area contributed by atoms with E-state index >= 15 is 0 Å². The molecule has 3 nitrogen and oxygen atoms in total. The van der Waals surface area contributed by atoms with Crippen molar-refractivity contribution in [2.24, 2.45) is 0 Å². The van der Waals surface area contributed by atoms with Gasteiger partial charge >= 0.3 is 0 Å². The van der Waals surface area contributed by atoms with E-state index in [4.69, 9.17) is 4.98 Å². The minimum Gasteiger partial charge on any atom is -0.350 e. The fraction of sp³-hybridized carbons (Fsp3) is 0.444. The number of nitrogens with zero attached hydrogens (tertiary/aromatic N) is 1. The first kappa shape index (κ1) is 14.1. The molecule has 0 radical (unpaired) electrons. The van der Waals surface area contributed by atoms with Crippen molar-refractivity contribution in [3.63, 3.8) is 0 Å². The van der Waals surface area contributed by atoms with Crippen LogP contribution in [0.2, 0.25) is 0 Å². The van der Waals surface area contributed by atoms with Gasteiger partial charge in [-0.25, -0.2) is 0 Å². The molecule has 0 aliphatic heterocycles. The predicted molar refractivity (Wildman–Crippen MR) is 85.6 cm³/mol. The predicted octanol–water partition coefficient (Wildman–Crippen LogP) is 3.64. The molecule has 0 saturated heterocycles. The van der Waals surface area contributed by atoms with E-state index in [0.717, 1.165) is 59.8 Å². The fourth-order valence-corrected chi connectivity index (χ4v) is 3.27. The van der Waals surface area contributed by atoms with Gasteiger partial charge in [-0.05, 0) is 44.2 Å². The summed E-state index contributed by atoms with van der Waals surface area (Å²) < 4.78 is 0. The molecule has 1 aliphatic rings. The van der Waals surface area contributed by atoms with Gasteiger partial charge in [0.1, 0.15) is 0 Å². The zero-order valence-electron chi connectivity index (χ0n) is 12.8. The maximum absolute atomic E-state index is 12.8. The monoisotopic (exact) mass is 282 g/mol. The van der Waals surface area contributed by atoms with E-state index < -0.39 is 0 Å². The third-order valence-corrected chi connectivity index (χ3v) is 4.25. The second-order valence-corrected chi connectivity index (χ2v) is 5.95. The highest BCUT2D eigenvalue weighted by atomic mass is 16.1. The third kappa shape index (κ3) is 2.65. The molecule has 3 heteroatoms. The highest BCUT2D eigenvalue weighted by Gasteiger charge is 2.24. The highest BCUT2D eigenvalue weighted by molar-refractivity contribution is 6.07. The Balaban J connectivity index is 2.06. The summed E-state index contributed by atoms with van der Waals surface area (Å²) in [5, 5.41) is 4.14. The Bertz CT molecular complexity index is 678. The van der Waals surface area contributed by atoms with E-state index in [1.54, 1.807) is 0 Å². The molecule has 2 aromatic rings. The van der Waals surface area contributed by atoms with Crippen molar-refractivity contribution in [1.29, 1.82) is 0 Å². The number of rotatable bonds is 4. The van der Waals surface area contributed by atoms with Crippen LogP contribution < -0.4 is 5.32 Å². The van der Waals surface area contributed by atoms with Gasteiger partial charge < -0.3 is 5.32 Å². The molecular weight excluding hydrogens is 260 g/mol. The van der Waals surface area contributed by atoms with Gasteiger partial charge in [0.05, 0.1) is 11.1 Å². The highest BCUT2D eigenvalue weighted by Crippen LogP contribution is 2.29. The van der Waals surface area contributed by atoms with Crippen LogP contribution in [0.5, 0.6) is 0 Å². The standard InChI is InChI=1S/C18H22N2O/c1-3-7-12(2)19-18(21)17-13-8-4-5-10-15(13)20-16-11-6-9-14(16)17/h4-5,8,10,12H,3,6-7,9,11H2,1-2H3,(H,19,21)/t12-/m1/s1. The fourth-order valence-electron chi connectivity index (χ4n) is 3.27. The van der Waals surface area contributed by atoms with E-state index in [1.807, 2.05) is 24.3 Å². The summed E-state index contributed by atoms with van der Waals surface area (Å²) in [6.07, 6.45) is 5.15. The summed E-state index contributed by atoms with van der Waals surface area (Å²) in [6.45, 7) is 4.22. The number of carbonyl (C=O) groups excluding carboxylic acids is 1. The number of amides is 1. The molecule has 1 aromatic carbocycles. The van der Waals surface area contributed by atoms with Crippen molar-refractivity contribution in [2.45, 2.75) is 52.0 Å². The summed E-state index contributed by atoms with van der Waals surface area (Å²) in [5.74, 6) is 0.0627. The Labute approximate surface area is 125 Å². The number of carbonyl (C=O) groups is 1. The average Bonchev–Trinajstić information content (AvgIpc) is 2.92. The molecule has 1 atom stereocenters. The number of hydrogen-bond acceptors (Lipinski definition) is 2. The molecule has 1 aromatic heterocycles. The summed E-state index contributed by atoms with van der Waals surface area (Å²) in [4.78, 5) is 17.5. The molecule has 1 aliphatic carbocycles. The number of benzene rings is 1. The maximum Gasteiger partial charge on any atom is 0.252 e. The molecule has 3 rings (SSSR count). The second-order valence-electron chi connectivity index (χ2n) is 5.95. The number of aryl methyl sites for hydroxylation is 1. The molecule has 21 heavy (non-hydrogen) atoms. The Morgan fingerprint density at radius 3 is 2.95 bits per heavy atom. The molecule has 1 amide bonds. The number of para-hydroxylation sites is 1. The lowest BCUT2D eigenvalue weighted by Gasteiger charge is -2.16. The maximum atomic E-state index is 12.8. The first-order valence-corrected chi connectivity index (χ1v) is 7.92. The zero-order valence-corrected chi connectivity index (χ0v) is 12.8. The minimum atomic E-state index is 0.0627. The van der Waals surface area contributed by atoms with Gasteiger partial charge in [0.25, 0.3) is 5.91 Å². The van der Waals surface area contributed by atoms with Crippen LogP contribution in [-0.4, -0.2) is 16.9 Å². The van der Waals surface area contributed by atoms with Gasteiger partial charge in [0.2, 0.25) is 0 Å². The molecule has 0 spiro atoms. The van der Waals surface area contributed by atoms with Crippen LogP contribution in [-0.2, 0) is 12.8 Å². The second kappa shape index (κ2) is 5.84. The summed E-state index contributed by atoms with van der Waals surface area (Å²) in [7, 11) is 0. The van der Waals surface area contributed by atoms with Gasteiger partial charge in [-0.3, -0.25) is 9.78 Å². The lowest BCUT2D eigenvalue weighted by atomic mass is 10.00. The normalized spacial score (nSPS) is 15.0. The molecular formula is C18H22N2O. The number of fused-ring (bicyclic) bond motifs is 2. The van der Waals surface area contributed by atoms with Crippen LogP contribution in [0.3, 0.4) is 0 Å². The molecule has 0 bridgehead atoms. The quantitative estimate of drug-likeness (QED) is 0.930. The number of aromatic nitrogens is 1. The number of hydrogen-bond donors (Lipinski definition) is 1. The Morgan fingerprint density at radius 2 is 2.14 bits per heavy atom. The van der Waals surface area contributed by atoms with Crippen LogP contribution in [0.15, 0.2) is 24.3 Å². The van der Waals surface area contributed by atoms with E-state index in [9.17, 15) is 4.79 Å². The van der Waals surface area contributed by atoms with Gasteiger partial charge in [0, 0.05) is 17.1 Å². The summed E-state index contributed by atoms with van der Waals surface area (Å²) in [5.41, 5.74) is 4.07. The Morgan fingerprint density at radius 1 is 1.33 bits per heavy atom. The molecule has 1 heterocycles. The van der Waals surface area contributed by atoms with Crippen molar-refractivity contribution in [3.8, 4) is 0 Å². The lowest BCUT2D eigenvalue weighted by molar-refractivity contribution is 0.0939.